The summed E-state index contributed by atoms with van der Waals surface area (Å²) in [6.45, 7) is 22.1. The molecule has 3 N–H and O–H groups in total. The van der Waals surface area contributed by atoms with Crippen molar-refractivity contribution >= 4 is 35.2 Å². The number of ketones is 1. The highest BCUT2D eigenvalue weighted by Gasteiger charge is 2.70. The van der Waals surface area contributed by atoms with E-state index in [9.17, 15) is 29.4 Å². The second kappa shape index (κ2) is 16.1. The molecule has 1 aromatic heterocycles. The molecule has 3 unspecified atom stereocenters. The van der Waals surface area contributed by atoms with Gasteiger partial charge in [-0.15, -0.1) is 0 Å². The van der Waals surface area contributed by atoms with E-state index in [1.807, 2.05) is 13.0 Å². The van der Waals surface area contributed by atoms with Gasteiger partial charge in [-0.1, -0.05) is 65.6 Å². The molecule has 59 heavy (non-hydrogen) atoms. The Balaban J connectivity index is 1.28. The highest BCUT2D eigenvalue weighted by molar-refractivity contribution is 6.30. The lowest BCUT2D eigenvalue weighted by molar-refractivity contribution is -0.226. The number of rotatable bonds is 13. The fourth-order valence-corrected chi connectivity index (χ4v) is 14.1. The summed E-state index contributed by atoms with van der Waals surface area (Å²) in [6, 6.07) is 3.18. The monoisotopic (exact) mass is 838 g/mol. The van der Waals surface area contributed by atoms with Crippen molar-refractivity contribution in [2.45, 2.75) is 146 Å². The zero-order chi connectivity index (χ0) is 43.7. The van der Waals surface area contributed by atoms with E-state index in [0.29, 0.717) is 35.6 Å². The number of ether oxygens (including phenoxy) is 1. The number of nitrogens with one attached hydrogen (secondary N) is 1. The normalized spacial score (nSPS) is 34.9. The number of amides is 1. The van der Waals surface area contributed by atoms with Crippen LogP contribution in [0.4, 0.5) is 0 Å². The van der Waals surface area contributed by atoms with Gasteiger partial charge < -0.3 is 25.2 Å². The van der Waals surface area contributed by atoms with E-state index < -0.39 is 34.9 Å². The molecule has 4 saturated carbocycles. The van der Waals surface area contributed by atoms with E-state index >= 15 is 0 Å². The van der Waals surface area contributed by atoms with Gasteiger partial charge in [-0.2, -0.15) is 0 Å². The van der Waals surface area contributed by atoms with E-state index in [2.05, 4.69) is 58.8 Å². The SMILES string of the molecule is CNCC(=O)N(C[C@H](O)[C@@]12CC[C@]3(C)[C@H](CC[C@@H]4C5(C)CCC(COC(=O)CC(C)(C)C(=O)O)C(C)(C)C5CC[C@]43C)C1=C(C(C)C)C(=O)C2)[C@@H](C)c1ccc(Cl)cn1. The topological polar surface area (TPSA) is 146 Å². The van der Waals surface area contributed by atoms with Crippen molar-refractivity contribution < 1.29 is 34.1 Å². The fraction of sp³-hybridized carbons (Fsp3) is 0.771. The number of hydrogen-bond donors (Lipinski definition) is 3. The lowest BCUT2D eigenvalue weighted by atomic mass is 9.32. The van der Waals surface area contributed by atoms with Crippen molar-refractivity contribution in [3.05, 3.63) is 40.2 Å². The number of nitrogens with zero attached hydrogens (tertiary/aromatic N) is 2. The number of esters is 1. The smallest absolute Gasteiger partial charge is 0.309 e. The second-order valence-electron chi connectivity index (χ2n) is 21.6. The Labute approximate surface area is 358 Å². The van der Waals surface area contributed by atoms with Gasteiger partial charge in [-0.3, -0.25) is 24.2 Å². The van der Waals surface area contributed by atoms with E-state index in [-0.39, 0.29) is 77.0 Å². The quantitative estimate of drug-likeness (QED) is 0.166. The van der Waals surface area contributed by atoms with Crippen LogP contribution in [0.15, 0.2) is 29.5 Å². The summed E-state index contributed by atoms with van der Waals surface area (Å²) in [5, 5.41) is 25.8. The van der Waals surface area contributed by atoms with E-state index in [1.54, 1.807) is 38.1 Å². The zero-order valence-electron chi connectivity index (χ0n) is 37.7. The average molecular weight is 839 g/mol. The van der Waals surface area contributed by atoms with Crippen LogP contribution in [-0.4, -0.2) is 76.6 Å². The standard InChI is InChI=1S/C48H72ClN3O7/c1-28(2)40-34(53)22-48(37(54)26-52(38(55)25-50-11)29(3)33-14-12-31(49)24-51-33)21-20-46(9)32(41(40)48)13-15-36-45(8)18-16-30(27-59-39(56)23-43(4,5)42(57)58)44(6,7)35(45)17-19-47(36,46)10/h12,14,24,28-30,32,35-37,50,54H,13,15-23,25-27H2,1-11H3,(H,57,58)/t29-,30?,32+,35?,36+,37-,45?,46+,47+,48-/m0/s1. The van der Waals surface area contributed by atoms with E-state index in [1.165, 1.54) is 5.57 Å². The van der Waals surface area contributed by atoms with Crippen LogP contribution in [0, 0.1) is 62.1 Å². The fourth-order valence-electron chi connectivity index (χ4n) is 14.0. The number of hydrogen-bond acceptors (Lipinski definition) is 8. The first-order valence-corrected chi connectivity index (χ1v) is 22.7. The third-order valence-corrected chi connectivity index (χ3v) is 17.9. The number of Topliss-reactive ketones (excluding diaryl/α,β-unsaturated/α-hetero) is 1. The summed E-state index contributed by atoms with van der Waals surface area (Å²) in [5.41, 5.74) is 0.763. The molecule has 4 fully saturated rings. The predicted octanol–water partition coefficient (Wildman–Crippen LogP) is 8.85. The van der Waals surface area contributed by atoms with Gasteiger partial charge in [0.2, 0.25) is 5.91 Å². The molecule has 5 aliphatic rings. The summed E-state index contributed by atoms with van der Waals surface area (Å²) >= 11 is 6.17. The van der Waals surface area contributed by atoms with Crippen LogP contribution in [0.25, 0.3) is 0 Å². The minimum atomic E-state index is -1.17. The highest BCUT2D eigenvalue weighted by Crippen LogP contribution is 2.77. The van der Waals surface area contributed by atoms with Crippen LogP contribution in [0.5, 0.6) is 0 Å². The van der Waals surface area contributed by atoms with Crippen LogP contribution in [-0.2, 0) is 23.9 Å². The number of pyridine rings is 1. The van der Waals surface area contributed by atoms with E-state index in [4.69, 9.17) is 16.3 Å². The van der Waals surface area contributed by atoms with Gasteiger partial charge in [0.25, 0.3) is 0 Å². The van der Waals surface area contributed by atoms with Crippen LogP contribution in [0.3, 0.4) is 0 Å². The molecule has 10 atom stereocenters. The Hall–Kier alpha value is -2.82. The average Bonchev–Trinajstić information content (AvgIpc) is 3.46. The van der Waals surface area contributed by atoms with Crippen molar-refractivity contribution in [2.24, 2.45) is 62.1 Å². The van der Waals surface area contributed by atoms with Crippen LogP contribution < -0.4 is 5.32 Å². The molecule has 328 valence electrons. The molecule has 11 heteroatoms. The number of carboxylic acids is 1. The Kier molecular flexibility index (Phi) is 12.5. The summed E-state index contributed by atoms with van der Waals surface area (Å²) in [6.07, 6.45) is 8.50. The lowest BCUT2D eigenvalue weighted by Gasteiger charge is -2.72. The number of aliphatic carboxylic acids is 1. The first kappa shape index (κ1) is 45.7. The molecule has 10 nitrogen and oxygen atoms in total. The predicted molar refractivity (Wildman–Crippen MR) is 229 cm³/mol. The van der Waals surface area contributed by atoms with Crippen molar-refractivity contribution in [3.8, 4) is 0 Å². The van der Waals surface area contributed by atoms with Crippen molar-refractivity contribution in [1.82, 2.24) is 15.2 Å². The summed E-state index contributed by atoms with van der Waals surface area (Å²) in [4.78, 5) is 58.9. The summed E-state index contributed by atoms with van der Waals surface area (Å²) in [7, 11) is 1.74. The van der Waals surface area contributed by atoms with Crippen LogP contribution in [0.2, 0.25) is 5.02 Å². The van der Waals surface area contributed by atoms with E-state index in [0.717, 1.165) is 50.5 Å². The largest absolute Gasteiger partial charge is 0.481 e. The number of aliphatic hydroxyl groups is 1. The Bertz CT molecular complexity index is 1840. The molecule has 1 amide bonds. The highest BCUT2D eigenvalue weighted by atomic mass is 35.5. The van der Waals surface area contributed by atoms with Gasteiger partial charge in [0.1, 0.15) is 0 Å². The second-order valence-corrected chi connectivity index (χ2v) is 22.1. The molecule has 5 aliphatic carbocycles. The number of carbonyl (C=O) groups is 4. The lowest BCUT2D eigenvalue weighted by Crippen LogP contribution is -2.66. The van der Waals surface area contributed by atoms with Gasteiger partial charge in [0.15, 0.2) is 5.78 Å². The molecule has 0 aliphatic heterocycles. The van der Waals surface area contributed by atoms with Gasteiger partial charge in [0.05, 0.1) is 47.8 Å². The number of aromatic nitrogens is 1. The van der Waals surface area contributed by atoms with Gasteiger partial charge in [-0.25, -0.2) is 0 Å². The molecule has 0 radical (unpaired) electrons. The maximum atomic E-state index is 14.3. The van der Waals surface area contributed by atoms with Gasteiger partial charge >= 0.3 is 11.9 Å². The molecule has 0 bridgehead atoms. The molecule has 1 aromatic rings. The van der Waals surface area contributed by atoms with Crippen molar-refractivity contribution in [3.63, 3.8) is 0 Å². The number of fused-ring (bicyclic) bond motifs is 7. The third-order valence-electron chi connectivity index (χ3n) is 17.6. The molecule has 6 rings (SSSR count). The number of allylic oxidation sites excluding steroid dienone is 1. The number of carbonyl (C=O) groups excluding carboxylic acids is 3. The van der Waals surface area contributed by atoms with Gasteiger partial charge in [0, 0.05) is 24.6 Å². The molecular weight excluding hydrogens is 766 g/mol. The minimum absolute atomic E-state index is 0.000364. The number of halogens is 1. The summed E-state index contributed by atoms with van der Waals surface area (Å²) in [5.74, 6) is -0.193. The zero-order valence-corrected chi connectivity index (χ0v) is 38.4. The summed E-state index contributed by atoms with van der Waals surface area (Å²) < 4.78 is 5.84. The molecule has 0 spiro atoms. The Morgan fingerprint density at radius 1 is 0.983 bits per heavy atom. The van der Waals surface area contributed by atoms with Crippen LogP contribution in [0.1, 0.15) is 145 Å². The molecular formula is C48H72ClN3O7. The molecule has 0 saturated heterocycles. The van der Waals surface area contributed by atoms with Crippen molar-refractivity contribution in [1.29, 1.82) is 0 Å². The number of likely N-dealkylation sites (N-methyl/N-ethyl adjacent to an activating group) is 1. The minimum Gasteiger partial charge on any atom is -0.481 e. The van der Waals surface area contributed by atoms with Gasteiger partial charge in [-0.05, 0) is 148 Å². The first-order valence-electron chi connectivity index (χ1n) is 22.3. The Morgan fingerprint density at radius 2 is 1.68 bits per heavy atom. The first-order chi connectivity index (χ1) is 27.4. The third kappa shape index (κ3) is 7.51. The molecule has 1 heterocycles. The number of carboxylic acid groups (broad SMARTS) is 1. The maximum absolute atomic E-state index is 14.3. The number of aliphatic hydroxyl groups excluding tert-OH is 1. The Morgan fingerprint density at radius 3 is 2.29 bits per heavy atom. The maximum Gasteiger partial charge on any atom is 0.309 e. The van der Waals surface area contributed by atoms with Crippen molar-refractivity contribution in [2.75, 3.05) is 26.7 Å². The van der Waals surface area contributed by atoms with Crippen LogP contribution >= 0.6 is 11.6 Å². The molecule has 0 aromatic carbocycles.